The Balaban J connectivity index is 2.17. The maximum absolute atomic E-state index is 12.5. The molecule has 0 aliphatic heterocycles. The van der Waals surface area contributed by atoms with Crippen LogP contribution >= 0.6 is 0 Å². The van der Waals surface area contributed by atoms with Crippen LogP contribution in [0.1, 0.15) is 56.7 Å². The zero-order valence-corrected chi connectivity index (χ0v) is 19.7. The number of carbonyl (C=O) groups excluding carboxylic acids is 2. The number of hydrogen-bond donors (Lipinski definition) is 0. The minimum Gasteiger partial charge on any atom is -0.437 e. The second-order valence-corrected chi connectivity index (χ2v) is 8.86. The summed E-state index contributed by atoms with van der Waals surface area (Å²) in [7, 11) is 1.30. The molecule has 1 aliphatic carbocycles. The van der Waals surface area contributed by atoms with Crippen molar-refractivity contribution < 1.29 is 23.8 Å². The van der Waals surface area contributed by atoms with Crippen LogP contribution < -0.4 is 9.47 Å². The van der Waals surface area contributed by atoms with E-state index in [0.29, 0.717) is 23.0 Å². The molecular formula is C27H32O5. The Labute approximate surface area is 190 Å². The van der Waals surface area contributed by atoms with Crippen molar-refractivity contribution in [1.82, 2.24) is 0 Å². The Morgan fingerprint density at radius 1 is 1.09 bits per heavy atom. The molecule has 0 saturated heterocycles. The number of hydrogen-bond acceptors (Lipinski definition) is 5. The van der Waals surface area contributed by atoms with E-state index in [1.54, 1.807) is 6.92 Å². The monoisotopic (exact) mass is 436 g/mol. The third kappa shape index (κ3) is 5.21. The van der Waals surface area contributed by atoms with E-state index in [1.807, 2.05) is 25.1 Å². The largest absolute Gasteiger partial charge is 0.513 e. The maximum atomic E-state index is 12.5. The van der Waals surface area contributed by atoms with E-state index < -0.39 is 12.1 Å². The van der Waals surface area contributed by atoms with Gasteiger partial charge in [0.05, 0.1) is 7.11 Å². The van der Waals surface area contributed by atoms with Crippen LogP contribution in [0.2, 0.25) is 0 Å². The normalized spacial score (nSPS) is 15.0. The van der Waals surface area contributed by atoms with Crippen molar-refractivity contribution in [1.29, 1.82) is 0 Å². The molecule has 170 valence electrons. The van der Waals surface area contributed by atoms with Gasteiger partial charge in [-0.25, -0.2) is 9.59 Å². The fraction of sp³-hybridized carbons (Fsp3) is 0.407. The van der Waals surface area contributed by atoms with Gasteiger partial charge >= 0.3 is 12.1 Å². The zero-order valence-electron chi connectivity index (χ0n) is 19.7. The van der Waals surface area contributed by atoms with Crippen molar-refractivity contribution in [2.45, 2.75) is 59.8 Å². The van der Waals surface area contributed by atoms with Crippen molar-refractivity contribution in [3.05, 3.63) is 58.7 Å². The predicted molar refractivity (Wildman–Crippen MR) is 126 cm³/mol. The average Bonchev–Trinajstić information content (AvgIpc) is 2.75. The molecule has 2 aromatic rings. The number of fused-ring (bicyclic) bond motifs is 2. The molecule has 1 aliphatic rings. The summed E-state index contributed by atoms with van der Waals surface area (Å²) in [5, 5.41) is 1.48. The molecule has 1 unspecified atom stereocenters. The van der Waals surface area contributed by atoms with Crippen LogP contribution in [0.5, 0.6) is 11.5 Å². The van der Waals surface area contributed by atoms with Crippen LogP contribution in [-0.4, -0.2) is 19.2 Å². The van der Waals surface area contributed by atoms with Crippen molar-refractivity contribution in [3.8, 4) is 11.5 Å². The molecule has 0 saturated carbocycles. The minimum atomic E-state index is -0.757. The fourth-order valence-electron chi connectivity index (χ4n) is 4.25. The van der Waals surface area contributed by atoms with Gasteiger partial charge in [-0.1, -0.05) is 35.9 Å². The van der Waals surface area contributed by atoms with Crippen LogP contribution in [0.4, 0.5) is 4.79 Å². The number of ether oxygens (including phenoxy) is 3. The van der Waals surface area contributed by atoms with E-state index in [4.69, 9.17) is 14.2 Å². The highest BCUT2D eigenvalue weighted by atomic mass is 16.7. The lowest BCUT2D eigenvalue weighted by molar-refractivity contribution is -0.130. The Hall–Kier alpha value is -3.08. The van der Waals surface area contributed by atoms with E-state index >= 15 is 0 Å². The van der Waals surface area contributed by atoms with Crippen LogP contribution in [0.25, 0.3) is 10.8 Å². The number of benzene rings is 2. The van der Waals surface area contributed by atoms with Gasteiger partial charge in [0.15, 0.2) is 0 Å². The topological polar surface area (TPSA) is 61.8 Å². The van der Waals surface area contributed by atoms with Gasteiger partial charge < -0.3 is 14.2 Å². The van der Waals surface area contributed by atoms with Gasteiger partial charge in [0.1, 0.15) is 11.5 Å². The van der Waals surface area contributed by atoms with Crippen molar-refractivity contribution in [2.75, 3.05) is 7.11 Å². The molecule has 5 nitrogen and oxygen atoms in total. The summed E-state index contributed by atoms with van der Waals surface area (Å²) in [6, 6.07) is 5.83. The third-order valence-corrected chi connectivity index (χ3v) is 5.89. The molecule has 32 heavy (non-hydrogen) atoms. The lowest BCUT2D eigenvalue weighted by Gasteiger charge is -2.29. The van der Waals surface area contributed by atoms with Crippen LogP contribution in [0.15, 0.2) is 42.0 Å². The number of esters is 1. The second kappa shape index (κ2) is 10.0. The lowest BCUT2D eigenvalue weighted by atomic mass is 9.79. The number of carbonyl (C=O) groups is 2. The summed E-state index contributed by atoms with van der Waals surface area (Å²) in [6.07, 6.45) is 6.04. The highest BCUT2D eigenvalue weighted by molar-refractivity contribution is 6.00. The van der Waals surface area contributed by atoms with E-state index in [0.717, 1.165) is 59.6 Å². The van der Waals surface area contributed by atoms with Gasteiger partial charge in [-0.15, -0.1) is 0 Å². The standard InChI is InChI=1S/C27H32O5/c1-16(2)8-7-9-19-11-13-21-23(15-19)24(31-26(28)17(3)4)20-12-10-18(5)14-22(20)25(21)32-27(29)30-6/h8,10,12,14,19H,3,7,9,11,13,15H2,1-2,4-6H3. The summed E-state index contributed by atoms with van der Waals surface area (Å²) in [5.74, 6) is 1.05. The Morgan fingerprint density at radius 2 is 1.81 bits per heavy atom. The first kappa shape index (κ1) is 23.6. The summed E-state index contributed by atoms with van der Waals surface area (Å²) in [6.45, 7) is 11.6. The number of allylic oxidation sites excluding steroid dienone is 2. The molecule has 0 spiro atoms. The quantitative estimate of drug-likeness (QED) is 0.167. The van der Waals surface area contributed by atoms with Crippen molar-refractivity contribution >= 4 is 22.9 Å². The van der Waals surface area contributed by atoms with Gasteiger partial charge in [-0.3, -0.25) is 0 Å². The smallest absolute Gasteiger partial charge is 0.437 e. The second-order valence-electron chi connectivity index (χ2n) is 8.86. The molecule has 0 N–H and O–H groups in total. The highest BCUT2D eigenvalue weighted by Crippen LogP contribution is 2.46. The molecule has 0 aromatic heterocycles. The maximum Gasteiger partial charge on any atom is 0.513 e. The fourth-order valence-corrected chi connectivity index (χ4v) is 4.25. The lowest BCUT2D eigenvalue weighted by Crippen LogP contribution is -2.20. The van der Waals surface area contributed by atoms with Crippen molar-refractivity contribution in [2.24, 2.45) is 5.92 Å². The molecule has 0 amide bonds. The van der Waals surface area contributed by atoms with E-state index in [1.165, 1.54) is 12.7 Å². The molecule has 2 aromatic carbocycles. The molecule has 0 heterocycles. The van der Waals surface area contributed by atoms with Gasteiger partial charge in [-0.05, 0) is 71.8 Å². The van der Waals surface area contributed by atoms with Crippen LogP contribution in [0.3, 0.4) is 0 Å². The minimum absolute atomic E-state index is 0.338. The zero-order chi connectivity index (χ0) is 23.4. The number of methoxy groups -OCH3 is 1. The molecule has 0 fully saturated rings. The van der Waals surface area contributed by atoms with Gasteiger partial charge in [0.2, 0.25) is 0 Å². The molecule has 0 bridgehead atoms. The molecular weight excluding hydrogens is 404 g/mol. The Kier molecular flexibility index (Phi) is 7.39. The first-order valence-corrected chi connectivity index (χ1v) is 11.1. The molecule has 1 atom stereocenters. The number of rotatable bonds is 6. The van der Waals surface area contributed by atoms with Crippen molar-refractivity contribution in [3.63, 3.8) is 0 Å². The predicted octanol–water partition coefficient (Wildman–Crippen LogP) is 6.63. The van der Waals surface area contributed by atoms with E-state index in [9.17, 15) is 9.59 Å². The number of aryl methyl sites for hydroxylation is 1. The third-order valence-electron chi connectivity index (χ3n) is 5.89. The van der Waals surface area contributed by atoms with Crippen LogP contribution in [-0.2, 0) is 22.4 Å². The van der Waals surface area contributed by atoms with E-state index in [-0.39, 0.29) is 0 Å². The first-order chi connectivity index (χ1) is 15.2. The molecule has 0 radical (unpaired) electrons. The SMILES string of the molecule is C=C(C)C(=O)Oc1c2c(c(OC(=O)OC)c3cc(C)ccc13)CCC(CCC=C(C)C)C2. The summed E-state index contributed by atoms with van der Waals surface area (Å²) in [5.41, 5.74) is 4.51. The van der Waals surface area contributed by atoms with Gasteiger partial charge in [-0.2, -0.15) is 0 Å². The summed E-state index contributed by atoms with van der Waals surface area (Å²) >= 11 is 0. The average molecular weight is 437 g/mol. The van der Waals surface area contributed by atoms with E-state index in [2.05, 4.69) is 26.5 Å². The first-order valence-electron chi connectivity index (χ1n) is 11.1. The van der Waals surface area contributed by atoms with Crippen LogP contribution in [0, 0.1) is 12.8 Å². The summed E-state index contributed by atoms with van der Waals surface area (Å²) in [4.78, 5) is 24.6. The Bertz CT molecular complexity index is 1090. The summed E-state index contributed by atoms with van der Waals surface area (Å²) < 4.78 is 16.3. The molecule has 3 rings (SSSR count). The van der Waals surface area contributed by atoms with Gasteiger partial charge in [0.25, 0.3) is 0 Å². The van der Waals surface area contributed by atoms with Gasteiger partial charge in [0, 0.05) is 27.5 Å². The highest BCUT2D eigenvalue weighted by Gasteiger charge is 2.30. The Morgan fingerprint density at radius 3 is 2.47 bits per heavy atom. The molecule has 5 heteroatoms.